The van der Waals surface area contributed by atoms with E-state index in [2.05, 4.69) is 38.2 Å². The van der Waals surface area contributed by atoms with Crippen molar-refractivity contribution in [2.24, 2.45) is 0 Å². The van der Waals surface area contributed by atoms with Gasteiger partial charge in [-0.25, -0.2) is 0 Å². The average Bonchev–Trinajstić information content (AvgIpc) is 1.98. The van der Waals surface area contributed by atoms with Gasteiger partial charge in [-0.2, -0.15) is 0 Å². The molecule has 0 saturated carbocycles. The SMILES string of the molecule is CC1=C(C)C(C)=[C]([V+3])C1.[Cl-].[Cl-].[Cl-]. The molecule has 0 aromatic carbocycles. The van der Waals surface area contributed by atoms with Crippen LogP contribution in [0, 0.1) is 0 Å². The molecule has 0 bridgehead atoms. The van der Waals surface area contributed by atoms with Crippen molar-refractivity contribution in [3.63, 3.8) is 0 Å². The van der Waals surface area contributed by atoms with Crippen LogP contribution in [0.15, 0.2) is 21.0 Å². The molecule has 1 aliphatic rings. The van der Waals surface area contributed by atoms with Crippen LogP contribution >= 0.6 is 0 Å². The smallest absolute Gasteiger partial charge is 1.00 e. The second-order valence-corrected chi connectivity index (χ2v) is 3.50. The first-order chi connectivity index (χ1) is 4.13. The van der Waals surface area contributed by atoms with Crippen LogP contribution < -0.4 is 37.2 Å². The van der Waals surface area contributed by atoms with Crippen LogP contribution in [0.2, 0.25) is 0 Å². The summed E-state index contributed by atoms with van der Waals surface area (Å²) in [5, 5.41) is 0. The largest absolute Gasteiger partial charge is 1.00 e. The van der Waals surface area contributed by atoms with E-state index in [-0.39, 0.29) is 37.2 Å². The molecule has 0 radical (unpaired) electrons. The van der Waals surface area contributed by atoms with Gasteiger partial charge in [0.2, 0.25) is 0 Å². The molecule has 4 heteroatoms. The standard InChI is InChI=1S/C8H11.3ClH.V/c1-6-4-5-7(2)8(6)3;;;;/h4H2,1-3H3;3*1H;/q;;;;+3/p-3. The third-order valence-electron chi connectivity index (χ3n) is 2.07. The summed E-state index contributed by atoms with van der Waals surface area (Å²) in [6.45, 7) is 6.60. The summed E-state index contributed by atoms with van der Waals surface area (Å²) in [4.78, 5) is 0. The molecule has 0 aromatic heterocycles. The molecule has 0 aliphatic heterocycles. The Labute approximate surface area is 102 Å². The van der Waals surface area contributed by atoms with Crippen molar-refractivity contribution in [3.05, 3.63) is 21.0 Å². The Morgan fingerprint density at radius 2 is 1.33 bits per heavy atom. The van der Waals surface area contributed by atoms with Crippen molar-refractivity contribution in [3.8, 4) is 0 Å². The minimum absolute atomic E-state index is 0. The molecule has 0 nitrogen and oxygen atoms in total. The maximum absolute atomic E-state index is 2.65. The maximum Gasteiger partial charge on any atom is -1.00 e. The van der Waals surface area contributed by atoms with Crippen molar-refractivity contribution >= 4 is 0 Å². The zero-order valence-electron chi connectivity index (χ0n) is 7.29. The quantitative estimate of drug-likeness (QED) is 0.408. The van der Waals surface area contributed by atoms with Gasteiger partial charge in [0.15, 0.2) is 0 Å². The van der Waals surface area contributed by atoms with E-state index in [1.165, 1.54) is 27.4 Å². The molecule has 0 atom stereocenters. The Morgan fingerprint density at radius 3 is 1.42 bits per heavy atom. The summed E-state index contributed by atoms with van der Waals surface area (Å²) in [6, 6.07) is 0. The van der Waals surface area contributed by atoms with Gasteiger partial charge in [0.05, 0.1) is 0 Å². The van der Waals surface area contributed by atoms with Crippen LogP contribution in [-0.4, -0.2) is 0 Å². The zero-order valence-corrected chi connectivity index (χ0v) is 11.0. The topological polar surface area (TPSA) is 0 Å². The second kappa shape index (κ2) is 7.35. The van der Waals surface area contributed by atoms with Crippen LogP contribution in [0.4, 0.5) is 0 Å². The average molecular weight is 264 g/mol. The molecule has 0 N–H and O–H groups in total. The van der Waals surface area contributed by atoms with Gasteiger partial charge < -0.3 is 37.2 Å². The van der Waals surface area contributed by atoms with Crippen molar-refractivity contribution in [2.75, 3.05) is 0 Å². The van der Waals surface area contributed by atoms with Crippen LogP contribution in [0.1, 0.15) is 27.2 Å². The van der Waals surface area contributed by atoms with Gasteiger partial charge in [-0.15, -0.1) is 0 Å². The van der Waals surface area contributed by atoms with Gasteiger partial charge in [-0.3, -0.25) is 0 Å². The van der Waals surface area contributed by atoms with Crippen LogP contribution in [0.3, 0.4) is 0 Å². The van der Waals surface area contributed by atoms with E-state index in [4.69, 9.17) is 0 Å². The van der Waals surface area contributed by atoms with Gasteiger partial charge in [0.25, 0.3) is 0 Å². The fraction of sp³-hybridized carbons (Fsp3) is 0.500. The van der Waals surface area contributed by atoms with Gasteiger partial charge in [-0.1, -0.05) is 0 Å². The molecule has 0 heterocycles. The molecule has 1 aliphatic carbocycles. The molecule has 69 valence electrons. The summed E-state index contributed by atoms with van der Waals surface area (Å²) in [5.74, 6) is 0. The van der Waals surface area contributed by atoms with Crippen molar-refractivity contribution < 1.29 is 54.6 Å². The van der Waals surface area contributed by atoms with E-state index in [9.17, 15) is 0 Å². The minimum Gasteiger partial charge on any atom is -1.00 e. The number of hydrogen-bond donors (Lipinski definition) is 0. The Morgan fingerprint density at radius 1 is 0.917 bits per heavy atom. The van der Waals surface area contributed by atoms with Crippen LogP contribution in [0.5, 0.6) is 0 Å². The first-order valence-corrected chi connectivity index (χ1v) is 3.88. The molecule has 0 unspecified atom stereocenters. The molecular formula is C8H11Cl3V. The normalized spacial score (nSPS) is 15.1. The maximum atomic E-state index is 2.65. The minimum atomic E-state index is 0. The molecule has 1 rings (SSSR count). The van der Waals surface area contributed by atoms with E-state index in [1.54, 1.807) is 0 Å². The Balaban J connectivity index is -0.000000270. The summed E-state index contributed by atoms with van der Waals surface area (Å²) in [7, 11) is 0. The summed E-state index contributed by atoms with van der Waals surface area (Å²) in [6.07, 6.45) is 1.18. The first-order valence-electron chi connectivity index (χ1n) is 3.18. The number of rotatable bonds is 0. The second-order valence-electron chi connectivity index (χ2n) is 2.65. The molecule has 12 heavy (non-hydrogen) atoms. The van der Waals surface area contributed by atoms with Crippen LogP contribution in [-0.2, 0) is 17.4 Å². The number of halogens is 3. The molecule has 0 fully saturated rings. The predicted octanol–water partition coefficient (Wildman–Crippen LogP) is -6.44. The Kier molecular flexibility index (Phi) is 11.4. The number of hydrogen-bond acceptors (Lipinski definition) is 0. The molecule has 0 aromatic rings. The summed E-state index contributed by atoms with van der Waals surface area (Å²) in [5.41, 5.74) is 4.50. The van der Waals surface area contributed by atoms with Gasteiger partial charge in [0.1, 0.15) is 0 Å². The van der Waals surface area contributed by atoms with E-state index in [0.717, 1.165) is 0 Å². The van der Waals surface area contributed by atoms with E-state index < -0.39 is 0 Å². The Bertz CT molecular complexity index is 184. The van der Waals surface area contributed by atoms with Gasteiger partial charge in [0, 0.05) is 0 Å². The van der Waals surface area contributed by atoms with Crippen molar-refractivity contribution in [1.29, 1.82) is 0 Å². The summed E-state index contributed by atoms with van der Waals surface area (Å²) >= 11 is 2.65. The molecule has 0 saturated heterocycles. The molecule has 0 amide bonds. The third kappa shape index (κ3) is 3.76. The fourth-order valence-corrected chi connectivity index (χ4v) is 1.69. The molecule has 0 spiro atoms. The number of allylic oxidation sites excluding steroid dienone is 4. The monoisotopic (exact) mass is 263 g/mol. The third-order valence-corrected chi connectivity index (χ3v) is 2.84. The van der Waals surface area contributed by atoms with Gasteiger partial charge in [-0.05, 0) is 0 Å². The van der Waals surface area contributed by atoms with E-state index in [1.807, 2.05) is 0 Å². The first kappa shape index (κ1) is 18.7. The predicted molar refractivity (Wildman–Crippen MR) is 35.7 cm³/mol. The fourth-order valence-electron chi connectivity index (χ4n) is 1.05. The van der Waals surface area contributed by atoms with Crippen molar-refractivity contribution in [1.82, 2.24) is 0 Å². The van der Waals surface area contributed by atoms with E-state index in [0.29, 0.717) is 0 Å². The molecular weight excluding hydrogens is 253 g/mol. The Hall–Kier alpha value is 0.934. The zero-order chi connectivity index (χ0) is 7.02. The van der Waals surface area contributed by atoms with E-state index >= 15 is 0 Å². The van der Waals surface area contributed by atoms with Gasteiger partial charge >= 0.3 is 65.6 Å². The van der Waals surface area contributed by atoms with Crippen molar-refractivity contribution in [2.45, 2.75) is 27.2 Å². The summed E-state index contributed by atoms with van der Waals surface area (Å²) < 4.78 is 1.48. The van der Waals surface area contributed by atoms with Crippen LogP contribution in [0.25, 0.3) is 0 Å².